The van der Waals surface area contributed by atoms with Gasteiger partial charge in [0, 0.05) is 13.5 Å². The molecule has 0 aliphatic rings. The second-order valence-electron chi connectivity index (χ2n) is 1.99. The Kier molecular flexibility index (Phi) is 3.23. The molecule has 11 heavy (non-hydrogen) atoms. The molecule has 0 aromatic carbocycles. The van der Waals surface area contributed by atoms with Gasteiger partial charge in [-0.05, 0) is 0 Å². The normalized spacial score (nSPS) is 8.91. The highest BCUT2D eigenvalue weighted by atomic mass is 16.2. The zero-order valence-electron chi connectivity index (χ0n) is 6.46. The van der Waals surface area contributed by atoms with E-state index >= 15 is 0 Å². The summed E-state index contributed by atoms with van der Waals surface area (Å²) in [5, 5.41) is 0. The SMILES string of the molecule is CCC(N)=O.Cn1c(=O)c1=O. The Bertz CT molecular complexity index is 281. The number of nitrogens with zero attached hydrogens (tertiary/aromatic N) is 1. The molecule has 5 heteroatoms. The molecule has 0 atom stereocenters. The molecule has 0 saturated carbocycles. The largest absolute Gasteiger partial charge is 0.370 e. The average Bonchev–Trinajstić information content (AvgIpc) is 2.47. The smallest absolute Gasteiger partial charge is 0.319 e. The molecule has 0 radical (unpaired) electrons. The van der Waals surface area contributed by atoms with E-state index in [2.05, 4.69) is 5.73 Å². The first kappa shape index (κ1) is 9.61. The maximum Gasteiger partial charge on any atom is 0.319 e. The molecule has 0 saturated heterocycles. The molecule has 0 aliphatic carbocycles. The molecule has 1 amide bonds. The van der Waals surface area contributed by atoms with Gasteiger partial charge in [0.05, 0.1) is 0 Å². The van der Waals surface area contributed by atoms with Crippen molar-refractivity contribution < 1.29 is 4.79 Å². The van der Waals surface area contributed by atoms with Crippen LogP contribution in [-0.2, 0) is 11.8 Å². The lowest BCUT2D eigenvalue weighted by molar-refractivity contribution is -0.117. The standard InChI is InChI=1S/C3H3NO2.C3H7NO/c1-4-2(5)3(4)6;1-2-3(4)5/h1H3;2H2,1H3,(H2,4,5). The Morgan fingerprint density at radius 1 is 1.45 bits per heavy atom. The molecule has 0 unspecified atom stereocenters. The number of carbonyl (C=O) groups is 1. The van der Waals surface area contributed by atoms with Gasteiger partial charge in [0.2, 0.25) is 5.91 Å². The summed E-state index contributed by atoms with van der Waals surface area (Å²) >= 11 is 0. The molecular weight excluding hydrogens is 148 g/mol. The van der Waals surface area contributed by atoms with Crippen LogP contribution in [0.25, 0.3) is 0 Å². The molecule has 0 aliphatic heterocycles. The predicted octanol–water partition coefficient (Wildman–Crippen LogP) is -1.50. The summed E-state index contributed by atoms with van der Waals surface area (Å²) in [5.41, 5.74) is 3.89. The zero-order valence-corrected chi connectivity index (χ0v) is 6.46. The minimum atomic E-state index is -0.380. The Morgan fingerprint density at radius 3 is 1.64 bits per heavy atom. The summed E-state index contributed by atoms with van der Waals surface area (Å²) in [5.74, 6) is -0.245. The summed E-state index contributed by atoms with van der Waals surface area (Å²) in [6, 6.07) is 0. The highest BCUT2D eigenvalue weighted by molar-refractivity contribution is 5.73. The van der Waals surface area contributed by atoms with Crippen LogP contribution in [0, 0.1) is 0 Å². The molecular formula is C6H10N2O3. The van der Waals surface area contributed by atoms with Crippen LogP contribution in [-0.4, -0.2) is 10.5 Å². The molecule has 62 valence electrons. The second kappa shape index (κ2) is 3.70. The summed E-state index contributed by atoms with van der Waals surface area (Å²) < 4.78 is 1.06. The van der Waals surface area contributed by atoms with Crippen molar-refractivity contribution in [1.82, 2.24) is 4.57 Å². The van der Waals surface area contributed by atoms with Crippen LogP contribution in [0.4, 0.5) is 0 Å². The van der Waals surface area contributed by atoms with Gasteiger partial charge < -0.3 is 5.73 Å². The lowest BCUT2D eigenvalue weighted by atomic mass is 10.5. The van der Waals surface area contributed by atoms with E-state index in [1.165, 1.54) is 7.05 Å². The van der Waals surface area contributed by atoms with Gasteiger partial charge in [0.15, 0.2) is 0 Å². The lowest BCUT2D eigenvalue weighted by Gasteiger charge is -1.73. The number of rotatable bonds is 1. The fourth-order valence-corrected chi connectivity index (χ4v) is 0.206. The maximum atomic E-state index is 9.79. The van der Waals surface area contributed by atoms with Gasteiger partial charge in [0.1, 0.15) is 0 Å². The predicted molar refractivity (Wildman–Crippen MR) is 39.8 cm³/mol. The first-order valence-electron chi connectivity index (χ1n) is 3.11. The van der Waals surface area contributed by atoms with Crippen molar-refractivity contribution in [3.63, 3.8) is 0 Å². The van der Waals surface area contributed by atoms with Crippen molar-refractivity contribution in [3.8, 4) is 0 Å². The van der Waals surface area contributed by atoms with E-state index in [0.717, 1.165) is 4.57 Å². The first-order valence-corrected chi connectivity index (χ1v) is 3.11. The van der Waals surface area contributed by atoms with Crippen LogP contribution >= 0.6 is 0 Å². The van der Waals surface area contributed by atoms with Gasteiger partial charge in [-0.2, -0.15) is 0 Å². The van der Waals surface area contributed by atoms with Gasteiger partial charge in [-0.15, -0.1) is 0 Å². The van der Waals surface area contributed by atoms with E-state index in [4.69, 9.17) is 0 Å². The van der Waals surface area contributed by atoms with Gasteiger partial charge >= 0.3 is 11.1 Å². The summed E-state index contributed by atoms with van der Waals surface area (Å²) in [6.07, 6.45) is 0.444. The Balaban J connectivity index is 0.000000187. The maximum absolute atomic E-state index is 9.79. The quantitative estimate of drug-likeness (QED) is 0.505. The number of hydrogen-bond acceptors (Lipinski definition) is 3. The third-order valence-corrected chi connectivity index (χ3v) is 1.09. The summed E-state index contributed by atoms with van der Waals surface area (Å²) in [7, 11) is 1.45. The molecule has 1 aromatic heterocycles. The molecule has 1 aromatic rings. The first-order chi connectivity index (χ1) is 5.00. The fourth-order valence-electron chi connectivity index (χ4n) is 0.206. The number of carbonyl (C=O) groups excluding carboxylic acids is 1. The van der Waals surface area contributed by atoms with E-state index in [1.54, 1.807) is 6.92 Å². The Hall–Kier alpha value is -1.39. The summed E-state index contributed by atoms with van der Waals surface area (Å²) in [6.45, 7) is 1.72. The second-order valence-corrected chi connectivity index (χ2v) is 1.99. The number of amides is 1. The van der Waals surface area contributed by atoms with Gasteiger partial charge in [-0.1, -0.05) is 6.92 Å². The Morgan fingerprint density at radius 2 is 1.64 bits per heavy atom. The molecule has 1 rings (SSSR count). The van der Waals surface area contributed by atoms with Crippen LogP contribution in [0.2, 0.25) is 0 Å². The van der Waals surface area contributed by atoms with Crippen molar-refractivity contribution in [2.24, 2.45) is 12.8 Å². The molecule has 5 nitrogen and oxygen atoms in total. The Labute approximate surface area is 63.1 Å². The van der Waals surface area contributed by atoms with E-state index in [1.807, 2.05) is 0 Å². The minimum Gasteiger partial charge on any atom is -0.370 e. The fraction of sp³-hybridized carbons (Fsp3) is 0.500. The minimum absolute atomic E-state index is 0.245. The van der Waals surface area contributed by atoms with Gasteiger partial charge in [0.25, 0.3) is 0 Å². The van der Waals surface area contributed by atoms with Crippen LogP contribution in [0.5, 0.6) is 0 Å². The van der Waals surface area contributed by atoms with Crippen molar-refractivity contribution >= 4 is 5.91 Å². The highest BCUT2D eigenvalue weighted by Gasteiger charge is 2.07. The number of aromatic nitrogens is 1. The lowest BCUT2D eigenvalue weighted by Crippen LogP contribution is -2.06. The van der Waals surface area contributed by atoms with E-state index < -0.39 is 0 Å². The molecule has 0 bridgehead atoms. The number of primary amides is 1. The van der Waals surface area contributed by atoms with Crippen molar-refractivity contribution in [1.29, 1.82) is 0 Å². The molecule has 0 spiro atoms. The third-order valence-electron chi connectivity index (χ3n) is 1.09. The monoisotopic (exact) mass is 158 g/mol. The number of hydrogen-bond donors (Lipinski definition) is 1. The number of nitrogens with two attached hydrogens (primary N) is 1. The van der Waals surface area contributed by atoms with Gasteiger partial charge in [-0.3, -0.25) is 19.0 Å². The van der Waals surface area contributed by atoms with Gasteiger partial charge in [-0.25, -0.2) is 0 Å². The topological polar surface area (TPSA) is 82.2 Å². The van der Waals surface area contributed by atoms with Crippen LogP contribution in [0.3, 0.4) is 0 Å². The van der Waals surface area contributed by atoms with Crippen molar-refractivity contribution in [3.05, 3.63) is 20.7 Å². The van der Waals surface area contributed by atoms with E-state index in [-0.39, 0.29) is 17.0 Å². The molecule has 1 heterocycles. The molecule has 0 fully saturated rings. The van der Waals surface area contributed by atoms with Crippen LogP contribution in [0.15, 0.2) is 9.59 Å². The summed E-state index contributed by atoms with van der Waals surface area (Å²) in [4.78, 5) is 29.2. The van der Waals surface area contributed by atoms with Crippen LogP contribution in [0.1, 0.15) is 13.3 Å². The highest BCUT2D eigenvalue weighted by Crippen LogP contribution is 1.63. The third kappa shape index (κ3) is 3.34. The molecule has 2 N–H and O–H groups in total. The zero-order chi connectivity index (χ0) is 9.02. The van der Waals surface area contributed by atoms with Crippen LogP contribution < -0.4 is 16.9 Å². The average molecular weight is 158 g/mol. The van der Waals surface area contributed by atoms with Crippen molar-refractivity contribution in [2.75, 3.05) is 0 Å². The van der Waals surface area contributed by atoms with E-state index in [9.17, 15) is 14.4 Å². The van der Waals surface area contributed by atoms with Crippen molar-refractivity contribution in [2.45, 2.75) is 13.3 Å². The van der Waals surface area contributed by atoms with E-state index in [0.29, 0.717) is 6.42 Å².